The number of carbonyl (C=O) groups is 1. The number of aromatic nitrogens is 4. The first-order valence-electron chi connectivity index (χ1n) is 12.7. The lowest BCUT2D eigenvalue weighted by Gasteiger charge is -2.38. The van der Waals surface area contributed by atoms with Gasteiger partial charge < -0.3 is 24.7 Å². The summed E-state index contributed by atoms with van der Waals surface area (Å²) in [4.78, 5) is 42.1. The summed E-state index contributed by atoms with van der Waals surface area (Å²) in [6.45, 7) is 3.99. The third-order valence-electron chi connectivity index (χ3n) is 7.53. The van der Waals surface area contributed by atoms with Crippen molar-refractivity contribution in [2.24, 2.45) is 0 Å². The van der Waals surface area contributed by atoms with E-state index >= 15 is 0 Å². The van der Waals surface area contributed by atoms with E-state index in [1.807, 2.05) is 24.1 Å². The monoisotopic (exact) mass is 515 g/mol. The van der Waals surface area contributed by atoms with Crippen molar-refractivity contribution in [1.29, 1.82) is 0 Å². The predicted octanol–water partition coefficient (Wildman–Crippen LogP) is 4.89. The van der Waals surface area contributed by atoms with Gasteiger partial charge in [0.2, 0.25) is 5.95 Å². The zero-order chi connectivity index (χ0) is 26.4. The highest BCUT2D eigenvalue weighted by atomic mass is 16.5. The summed E-state index contributed by atoms with van der Waals surface area (Å²) in [5.74, 6) is 0.906. The molecule has 1 aromatic carbocycles. The molecule has 38 heavy (non-hydrogen) atoms. The molecule has 3 aromatic heterocycles. The van der Waals surface area contributed by atoms with Crippen LogP contribution in [0.4, 0.5) is 27.9 Å². The van der Waals surface area contributed by atoms with Gasteiger partial charge in [0.1, 0.15) is 5.82 Å². The molecule has 2 bridgehead atoms. The molecule has 1 amide bonds. The number of benzene rings is 1. The molecule has 3 N–H and O–H groups in total. The molecule has 4 aromatic rings. The largest absolute Gasteiger partial charge is 0.453 e. The Morgan fingerprint density at radius 2 is 1.84 bits per heavy atom. The maximum absolute atomic E-state index is 12.2. The summed E-state index contributed by atoms with van der Waals surface area (Å²) in [7, 11) is 1.45. The Hall–Kier alpha value is -4.41. The zero-order valence-corrected chi connectivity index (χ0v) is 21.4. The molecule has 11 nitrogen and oxygen atoms in total. The van der Waals surface area contributed by atoms with Crippen LogP contribution in [0.2, 0.25) is 0 Å². The number of carbonyl (C=O) groups excluding carboxylic acids is 1. The fourth-order valence-electron chi connectivity index (χ4n) is 5.81. The number of ether oxygens (including phenoxy) is 1. The lowest BCUT2D eigenvalue weighted by Crippen LogP contribution is -2.46. The Balaban J connectivity index is 1.17. The number of H-pyrrole nitrogens is 1. The first-order valence-corrected chi connectivity index (χ1v) is 12.7. The Morgan fingerprint density at radius 1 is 1.05 bits per heavy atom. The summed E-state index contributed by atoms with van der Waals surface area (Å²) in [6, 6.07) is 7.84. The highest BCUT2D eigenvalue weighted by Crippen LogP contribution is 2.43. The molecule has 2 saturated heterocycles. The molecule has 2 unspecified atom stereocenters. The van der Waals surface area contributed by atoms with E-state index in [1.54, 1.807) is 18.3 Å². The molecular weight excluding hydrogens is 486 g/mol. The van der Waals surface area contributed by atoms with Crippen LogP contribution in [0, 0.1) is 13.8 Å². The third-order valence-corrected chi connectivity index (χ3v) is 7.53. The number of nitrogens with one attached hydrogen (secondary N) is 3. The fourth-order valence-corrected chi connectivity index (χ4v) is 5.81. The standard InChI is InChI=1S/C27H29N7O4/c1-14-8-18(13-28-23(14)16-9-19-5-6-20(10-16)34(19)27(36)37-3)31-25-29-12-15(2)24(33-25)30-17-4-7-22-21(11-17)32-26(35)38-22/h4,7-8,11-13,16,19-20H,5-6,9-10H2,1-3H3,(H,32,35)(H2,29,30,31,33). The number of piperidine rings is 1. The van der Waals surface area contributed by atoms with Crippen LogP contribution in [0.1, 0.15) is 48.4 Å². The molecule has 0 spiro atoms. The summed E-state index contributed by atoms with van der Waals surface area (Å²) >= 11 is 0. The van der Waals surface area contributed by atoms with E-state index in [4.69, 9.17) is 14.1 Å². The van der Waals surface area contributed by atoms with Gasteiger partial charge in [0.15, 0.2) is 5.58 Å². The number of hydrogen-bond donors (Lipinski definition) is 3. The summed E-state index contributed by atoms with van der Waals surface area (Å²) in [5.41, 5.74) is 5.71. The number of fused-ring (bicyclic) bond motifs is 3. The molecule has 6 rings (SSSR count). The Bertz CT molecular complexity index is 1570. The summed E-state index contributed by atoms with van der Waals surface area (Å²) < 4.78 is 10.1. The number of amides is 1. The van der Waals surface area contributed by atoms with Gasteiger partial charge in [-0.05, 0) is 69.4 Å². The van der Waals surface area contributed by atoms with Crippen LogP contribution >= 0.6 is 0 Å². The van der Waals surface area contributed by atoms with E-state index in [-0.39, 0.29) is 18.2 Å². The van der Waals surface area contributed by atoms with Gasteiger partial charge in [0.05, 0.1) is 24.5 Å². The zero-order valence-electron chi connectivity index (χ0n) is 21.4. The van der Waals surface area contributed by atoms with Crippen LogP contribution in [0.5, 0.6) is 0 Å². The number of aromatic amines is 1. The molecule has 2 aliphatic rings. The minimum atomic E-state index is -0.490. The van der Waals surface area contributed by atoms with E-state index < -0.39 is 5.76 Å². The van der Waals surface area contributed by atoms with E-state index in [0.29, 0.717) is 28.8 Å². The molecule has 196 valence electrons. The highest BCUT2D eigenvalue weighted by molar-refractivity contribution is 5.78. The maximum atomic E-state index is 12.2. The summed E-state index contributed by atoms with van der Waals surface area (Å²) in [5, 5.41) is 6.55. The fraction of sp³-hybridized carbons (Fsp3) is 0.370. The van der Waals surface area contributed by atoms with Crippen molar-refractivity contribution >= 4 is 40.3 Å². The SMILES string of the molecule is COC(=O)N1C2CCC1CC(c1ncc(Nc3ncc(C)c(Nc4ccc5oc(=O)[nH]c5c4)n3)cc1C)C2. The number of pyridine rings is 1. The van der Waals surface area contributed by atoms with Crippen LogP contribution in [-0.4, -0.2) is 50.1 Å². The van der Waals surface area contributed by atoms with Crippen LogP contribution in [-0.2, 0) is 4.74 Å². The van der Waals surface area contributed by atoms with Crippen molar-refractivity contribution in [2.45, 2.75) is 57.5 Å². The minimum absolute atomic E-state index is 0.214. The minimum Gasteiger partial charge on any atom is -0.453 e. The van der Waals surface area contributed by atoms with Crippen LogP contribution < -0.4 is 16.4 Å². The second-order valence-corrected chi connectivity index (χ2v) is 10.1. The average molecular weight is 516 g/mol. The van der Waals surface area contributed by atoms with Gasteiger partial charge >= 0.3 is 11.8 Å². The molecule has 2 fully saturated rings. The number of anilines is 4. The van der Waals surface area contributed by atoms with Crippen molar-refractivity contribution in [2.75, 3.05) is 17.7 Å². The van der Waals surface area contributed by atoms with Crippen molar-refractivity contribution < 1.29 is 13.9 Å². The van der Waals surface area contributed by atoms with Gasteiger partial charge in [0, 0.05) is 41.1 Å². The number of methoxy groups -OCH3 is 1. The van der Waals surface area contributed by atoms with Gasteiger partial charge in [-0.25, -0.2) is 14.6 Å². The normalized spacial score (nSPS) is 20.5. The second kappa shape index (κ2) is 9.47. The van der Waals surface area contributed by atoms with Crippen LogP contribution in [0.15, 0.2) is 45.9 Å². The lowest BCUT2D eigenvalue weighted by molar-refractivity contribution is 0.0804. The maximum Gasteiger partial charge on any atom is 0.417 e. The topological polar surface area (TPSA) is 138 Å². The van der Waals surface area contributed by atoms with Gasteiger partial charge in [-0.2, -0.15) is 4.98 Å². The Kier molecular flexibility index (Phi) is 5.97. The van der Waals surface area contributed by atoms with E-state index in [1.165, 1.54) is 7.11 Å². The predicted molar refractivity (Wildman–Crippen MR) is 142 cm³/mol. The van der Waals surface area contributed by atoms with Crippen molar-refractivity contribution in [3.8, 4) is 0 Å². The van der Waals surface area contributed by atoms with Gasteiger partial charge in [-0.3, -0.25) is 9.97 Å². The number of hydrogen-bond acceptors (Lipinski definition) is 9. The van der Waals surface area contributed by atoms with E-state index in [9.17, 15) is 9.59 Å². The van der Waals surface area contributed by atoms with Crippen molar-refractivity contribution in [1.82, 2.24) is 24.8 Å². The molecule has 5 heterocycles. The molecule has 2 aliphatic heterocycles. The van der Waals surface area contributed by atoms with Crippen LogP contribution in [0.3, 0.4) is 0 Å². The van der Waals surface area contributed by atoms with Gasteiger partial charge in [-0.1, -0.05) is 0 Å². The molecule has 2 atom stereocenters. The number of oxazole rings is 1. The van der Waals surface area contributed by atoms with Crippen molar-refractivity contribution in [3.05, 3.63) is 64.0 Å². The first-order chi connectivity index (χ1) is 18.4. The molecule has 0 saturated carbocycles. The summed E-state index contributed by atoms with van der Waals surface area (Å²) in [6.07, 6.45) is 7.19. The number of nitrogens with zero attached hydrogens (tertiary/aromatic N) is 4. The number of rotatable bonds is 5. The Morgan fingerprint density at radius 3 is 2.58 bits per heavy atom. The highest BCUT2D eigenvalue weighted by Gasteiger charge is 2.44. The van der Waals surface area contributed by atoms with Gasteiger partial charge in [-0.15, -0.1) is 0 Å². The van der Waals surface area contributed by atoms with E-state index in [2.05, 4.69) is 38.6 Å². The van der Waals surface area contributed by atoms with Crippen LogP contribution in [0.25, 0.3) is 11.1 Å². The molecule has 0 aliphatic carbocycles. The first kappa shape index (κ1) is 24.0. The molecular formula is C27H29N7O4. The third kappa shape index (κ3) is 4.44. The lowest BCUT2D eigenvalue weighted by atomic mass is 9.86. The van der Waals surface area contributed by atoms with Crippen molar-refractivity contribution in [3.63, 3.8) is 0 Å². The smallest absolute Gasteiger partial charge is 0.417 e. The van der Waals surface area contributed by atoms with Gasteiger partial charge in [0.25, 0.3) is 0 Å². The Labute approximate surface area is 218 Å². The van der Waals surface area contributed by atoms with E-state index in [0.717, 1.165) is 53.9 Å². The quantitative estimate of drug-likeness (QED) is 0.339. The molecule has 0 radical (unpaired) electrons. The second-order valence-electron chi connectivity index (χ2n) is 10.1. The number of aryl methyl sites for hydroxylation is 2. The average Bonchev–Trinajstić information content (AvgIpc) is 3.40. The molecule has 11 heteroatoms.